The molecule has 2 aliphatic carbocycles. The van der Waals surface area contributed by atoms with Crippen molar-refractivity contribution in [2.45, 2.75) is 49.8 Å². The maximum atomic E-state index is 12.7. The fraction of sp³-hybridized carbons (Fsp3) is 0.545. The zero-order chi connectivity index (χ0) is 18.9. The molecule has 1 aromatic carbocycles. The number of carbonyl (C=O) groups is 2. The van der Waals surface area contributed by atoms with Gasteiger partial charge in [0.25, 0.3) is 0 Å². The molecule has 1 N–H and O–H groups in total. The van der Waals surface area contributed by atoms with Gasteiger partial charge >= 0.3 is 0 Å². The Balaban J connectivity index is 1.30. The molecule has 2 fully saturated rings. The third kappa shape index (κ3) is 3.93. The average Bonchev–Trinajstić information content (AvgIpc) is 3.42. The summed E-state index contributed by atoms with van der Waals surface area (Å²) in [5.41, 5.74) is 2.01. The lowest BCUT2D eigenvalue weighted by molar-refractivity contribution is -0.129. The predicted molar refractivity (Wildman–Crippen MR) is 110 cm³/mol. The molecule has 0 bridgehead atoms. The largest absolute Gasteiger partial charge is 0.339 e. The summed E-state index contributed by atoms with van der Waals surface area (Å²) in [7, 11) is 0. The molecule has 27 heavy (non-hydrogen) atoms. The second-order valence-corrected chi connectivity index (χ2v) is 8.98. The molecule has 1 atom stereocenters. The number of thioether (sulfide) groups is 1. The smallest absolute Gasteiger partial charge is 0.249 e. The number of nitrogens with zero attached hydrogens (tertiary/aromatic N) is 1. The summed E-state index contributed by atoms with van der Waals surface area (Å²) in [5.74, 6) is 0.477. The van der Waals surface area contributed by atoms with Crippen LogP contribution in [0.3, 0.4) is 0 Å². The molecule has 0 aromatic heterocycles. The molecule has 2 amide bonds. The van der Waals surface area contributed by atoms with Gasteiger partial charge in [0, 0.05) is 35.2 Å². The van der Waals surface area contributed by atoms with Gasteiger partial charge in [-0.3, -0.25) is 9.59 Å². The summed E-state index contributed by atoms with van der Waals surface area (Å²) in [5, 5.41) is 3.07. The zero-order valence-corrected chi connectivity index (χ0v) is 16.8. The van der Waals surface area contributed by atoms with Crippen LogP contribution in [0.2, 0.25) is 0 Å². The van der Waals surface area contributed by atoms with E-state index in [1.807, 2.05) is 35.4 Å². The van der Waals surface area contributed by atoms with Gasteiger partial charge in [0.15, 0.2) is 0 Å². The number of carbonyl (C=O) groups excluding carboxylic acids is 2. The third-order valence-corrected chi connectivity index (χ3v) is 7.22. The minimum absolute atomic E-state index is 0.101. The van der Waals surface area contributed by atoms with Crippen molar-refractivity contribution in [1.82, 2.24) is 4.90 Å². The summed E-state index contributed by atoms with van der Waals surface area (Å²) in [6.45, 7) is 1.59. The van der Waals surface area contributed by atoms with Crippen molar-refractivity contribution in [1.29, 1.82) is 0 Å². The highest BCUT2D eigenvalue weighted by Gasteiger charge is 2.58. The van der Waals surface area contributed by atoms with E-state index in [0.717, 1.165) is 62.9 Å². The highest BCUT2D eigenvalue weighted by molar-refractivity contribution is 7.98. The number of rotatable bonds is 4. The van der Waals surface area contributed by atoms with Crippen molar-refractivity contribution in [2.75, 3.05) is 24.7 Å². The van der Waals surface area contributed by atoms with Gasteiger partial charge < -0.3 is 10.2 Å². The molecule has 1 spiro atoms. The van der Waals surface area contributed by atoms with Crippen molar-refractivity contribution in [3.8, 4) is 0 Å². The lowest BCUT2D eigenvalue weighted by Gasteiger charge is -2.34. The number of amides is 2. The maximum Gasteiger partial charge on any atom is 0.249 e. The number of nitrogens with one attached hydrogen (secondary N) is 1. The Morgan fingerprint density at radius 2 is 1.89 bits per heavy atom. The SMILES string of the molecule is CSc1ccc(NC(=O)[C@H]2CC23CCN(C(=O)C2=CCCCC2)CC3)cc1. The Hall–Kier alpha value is -1.75. The van der Waals surface area contributed by atoms with Gasteiger partial charge in [-0.1, -0.05) is 6.08 Å². The van der Waals surface area contributed by atoms with E-state index in [1.54, 1.807) is 11.8 Å². The highest BCUT2D eigenvalue weighted by Crippen LogP contribution is 2.59. The molecule has 1 saturated carbocycles. The number of benzene rings is 1. The van der Waals surface area contributed by atoms with Crippen LogP contribution >= 0.6 is 11.8 Å². The monoisotopic (exact) mass is 384 g/mol. The Bertz CT molecular complexity index is 748. The molecule has 0 radical (unpaired) electrons. The Kier molecular flexibility index (Phi) is 5.31. The molecule has 0 unspecified atom stereocenters. The first-order valence-corrected chi connectivity index (χ1v) is 11.3. The van der Waals surface area contributed by atoms with Crippen LogP contribution in [0.15, 0.2) is 40.8 Å². The van der Waals surface area contributed by atoms with Gasteiger partial charge in [0.05, 0.1) is 0 Å². The van der Waals surface area contributed by atoms with E-state index >= 15 is 0 Å². The molecule has 1 aromatic rings. The van der Waals surface area contributed by atoms with E-state index in [2.05, 4.69) is 11.4 Å². The first kappa shape index (κ1) is 18.6. The van der Waals surface area contributed by atoms with Crippen LogP contribution in [0.25, 0.3) is 0 Å². The summed E-state index contributed by atoms with van der Waals surface area (Å²) >= 11 is 1.70. The van der Waals surface area contributed by atoms with Crippen LogP contribution in [0.4, 0.5) is 5.69 Å². The maximum absolute atomic E-state index is 12.7. The molecule has 5 heteroatoms. The van der Waals surface area contributed by atoms with E-state index in [9.17, 15) is 9.59 Å². The third-order valence-electron chi connectivity index (χ3n) is 6.48. The van der Waals surface area contributed by atoms with E-state index in [1.165, 1.54) is 11.3 Å². The quantitative estimate of drug-likeness (QED) is 0.779. The number of piperidine rings is 1. The van der Waals surface area contributed by atoms with E-state index < -0.39 is 0 Å². The van der Waals surface area contributed by atoms with Crippen molar-refractivity contribution < 1.29 is 9.59 Å². The zero-order valence-electron chi connectivity index (χ0n) is 16.0. The van der Waals surface area contributed by atoms with Gasteiger partial charge in [-0.2, -0.15) is 0 Å². The Labute approximate surface area is 165 Å². The van der Waals surface area contributed by atoms with Gasteiger partial charge in [0.2, 0.25) is 11.8 Å². The molecular weight excluding hydrogens is 356 g/mol. The summed E-state index contributed by atoms with van der Waals surface area (Å²) in [6, 6.07) is 8.01. The van der Waals surface area contributed by atoms with Gasteiger partial charge in [-0.25, -0.2) is 0 Å². The number of hydrogen-bond donors (Lipinski definition) is 1. The molecule has 3 aliphatic rings. The fourth-order valence-corrected chi connectivity index (χ4v) is 4.97. The molecule has 4 rings (SSSR count). The standard InChI is InChI=1S/C22H28N2O2S/c1-27-18-9-7-17(8-10-18)23-20(25)19-15-22(19)11-13-24(14-12-22)21(26)16-5-3-2-4-6-16/h5,7-10,19H,2-4,6,11-15H2,1H3,(H,23,25)/t19-/m1/s1. The van der Waals surface area contributed by atoms with E-state index in [-0.39, 0.29) is 23.1 Å². The molecule has 1 aliphatic heterocycles. The summed E-state index contributed by atoms with van der Waals surface area (Å²) in [6.07, 6.45) is 11.4. The van der Waals surface area contributed by atoms with Crippen LogP contribution < -0.4 is 5.32 Å². The van der Waals surface area contributed by atoms with Crippen molar-refractivity contribution in [3.05, 3.63) is 35.9 Å². The first-order chi connectivity index (χ1) is 13.1. The van der Waals surface area contributed by atoms with Crippen LogP contribution in [-0.4, -0.2) is 36.1 Å². The van der Waals surface area contributed by atoms with Crippen LogP contribution in [-0.2, 0) is 9.59 Å². The second kappa shape index (κ2) is 7.70. The topological polar surface area (TPSA) is 49.4 Å². The number of allylic oxidation sites excluding steroid dienone is 1. The lowest BCUT2D eigenvalue weighted by Crippen LogP contribution is -2.41. The normalized spacial score (nSPS) is 23.7. The molecule has 4 nitrogen and oxygen atoms in total. The van der Waals surface area contributed by atoms with Gasteiger partial charge in [-0.15, -0.1) is 11.8 Å². The Morgan fingerprint density at radius 3 is 2.52 bits per heavy atom. The number of likely N-dealkylation sites (tertiary alicyclic amines) is 1. The average molecular weight is 385 g/mol. The number of anilines is 1. The molecular formula is C22H28N2O2S. The minimum Gasteiger partial charge on any atom is -0.339 e. The molecule has 1 heterocycles. The Morgan fingerprint density at radius 1 is 1.15 bits per heavy atom. The molecule has 1 saturated heterocycles. The van der Waals surface area contributed by atoms with Gasteiger partial charge in [-0.05, 0) is 80.9 Å². The van der Waals surface area contributed by atoms with Crippen molar-refractivity contribution in [2.24, 2.45) is 11.3 Å². The number of hydrogen-bond acceptors (Lipinski definition) is 3. The minimum atomic E-state index is 0.101. The first-order valence-electron chi connectivity index (χ1n) is 10.0. The second-order valence-electron chi connectivity index (χ2n) is 8.10. The highest BCUT2D eigenvalue weighted by atomic mass is 32.2. The van der Waals surface area contributed by atoms with Crippen LogP contribution in [0, 0.1) is 11.3 Å². The van der Waals surface area contributed by atoms with Crippen LogP contribution in [0.5, 0.6) is 0 Å². The van der Waals surface area contributed by atoms with E-state index in [4.69, 9.17) is 0 Å². The van der Waals surface area contributed by atoms with Gasteiger partial charge in [0.1, 0.15) is 0 Å². The summed E-state index contributed by atoms with van der Waals surface area (Å²) < 4.78 is 0. The lowest BCUT2D eigenvalue weighted by atomic mass is 9.89. The van der Waals surface area contributed by atoms with Crippen molar-refractivity contribution >= 4 is 29.3 Å². The van der Waals surface area contributed by atoms with E-state index in [0.29, 0.717) is 0 Å². The van der Waals surface area contributed by atoms with Crippen LogP contribution in [0.1, 0.15) is 44.9 Å². The predicted octanol–water partition coefficient (Wildman–Crippen LogP) is 4.48. The van der Waals surface area contributed by atoms with Crippen molar-refractivity contribution in [3.63, 3.8) is 0 Å². The molecule has 144 valence electrons. The fourth-order valence-electron chi connectivity index (χ4n) is 4.57. The summed E-state index contributed by atoms with van der Waals surface area (Å²) in [4.78, 5) is 28.5.